The summed E-state index contributed by atoms with van der Waals surface area (Å²) in [6, 6.07) is 0.162. The normalized spacial score (nSPS) is 12.5. The molecule has 0 saturated heterocycles. The highest BCUT2D eigenvalue weighted by atomic mass is 35.5. The third-order valence-corrected chi connectivity index (χ3v) is 0.372. The second-order valence-electron chi connectivity index (χ2n) is 1.21. The summed E-state index contributed by atoms with van der Waals surface area (Å²) in [5.41, 5.74) is 10.2. The van der Waals surface area contributed by atoms with Crippen LogP contribution in [0.2, 0.25) is 0 Å². The Morgan fingerprint density at radius 3 is 1.83 bits per heavy atom. The van der Waals surface area contributed by atoms with Gasteiger partial charge >= 0.3 is 0 Å². The van der Waals surface area contributed by atoms with Gasteiger partial charge in [-0.3, -0.25) is 0 Å². The molecule has 0 amide bonds. The maximum absolute atomic E-state index is 5.17. The first-order chi connectivity index (χ1) is 2.27. The smallest absolute Gasteiger partial charge is 0.0134 e. The second-order valence-corrected chi connectivity index (χ2v) is 1.21. The van der Waals surface area contributed by atoms with Crippen molar-refractivity contribution >= 4 is 12.4 Å². The van der Waals surface area contributed by atoms with Crippen LogP contribution in [0.25, 0.3) is 0 Å². The van der Waals surface area contributed by atoms with Crippen molar-refractivity contribution in [2.24, 2.45) is 11.5 Å². The zero-order valence-electron chi connectivity index (χ0n) is 3.85. The van der Waals surface area contributed by atoms with Crippen molar-refractivity contribution in [3.05, 3.63) is 0 Å². The number of hydrogen-bond acceptors (Lipinski definition) is 2. The quantitative estimate of drug-likeness (QED) is 0.488. The molecule has 0 aromatic heterocycles. The van der Waals surface area contributed by atoms with Crippen LogP contribution in [-0.4, -0.2) is 12.6 Å². The standard InChI is InChI=1S/C3H10N2.ClH/c1-3(5)2-4;/h3H,2,4-5H2,1H3;1H. The maximum Gasteiger partial charge on any atom is 0.0134 e. The molecule has 0 aliphatic heterocycles. The Balaban J connectivity index is 0. The maximum atomic E-state index is 5.17. The Labute approximate surface area is 44.3 Å². The van der Waals surface area contributed by atoms with E-state index >= 15 is 0 Å². The highest BCUT2D eigenvalue weighted by Gasteiger charge is 1.79. The molecule has 3 heteroatoms. The molecule has 1 atom stereocenters. The van der Waals surface area contributed by atoms with E-state index in [-0.39, 0.29) is 18.4 Å². The van der Waals surface area contributed by atoms with Gasteiger partial charge in [0.15, 0.2) is 0 Å². The third kappa shape index (κ3) is 8.88. The van der Waals surface area contributed by atoms with Crippen LogP contribution in [0.3, 0.4) is 0 Å². The Hall–Kier alpha value is 0.210. The van der Waals surface area contributed by atoms with Gasteiger partial charge in [-0.2, -0.15) is 0 Å². The minimum Gasteiger partial charge on any atom is -0.329 e. The topological polar surface area (TPSA) is 52.0 Å². The van der Waals surface area contributed by atoms with Gasteiger partial charge in [-0.15, -0.1) is 12.4 Å². The molecule has 2 nitrogen and oxygen atoms in total. The molecule has 0 radical (unpaired) electrons. The van der Waals surface area contributed by atoms with Gasteiger partial charge in [-0.1, -0.05) is 0 Å². The largest absolute Gasteiger partial charge is 0.329 e. The van der Waals surface area contributed by atoms with E-state index in [1.165, 1.54) is 0 Å². The second kappa shape index (κ2) is 5.21. The molecule has 0 aromatic rings. The average molecular weight is 111 g/mol. The summed E-state index contributed by atoms with van der Waals surface area (Å²) in [4.78, 5) is 0. The molecule has 0 heterocycles. The van der Waals surface area contributed by atoms with E-state index in [1.807, 2.05) is 6.92 Å². The molecule has 40 valence electrons. The summed E-state index contributed by atoms with van der Waals surface area (Å²) in [7, 11) is 0. The SMILES string of the molecule is CC(N)CN.Cl. The van der Waals surface area contributed by atoms with Gasteiger partial charge < -0.3 is 11.5 Å². The first-order valence-corrected chi connectivity index (χ1v) is 1.73. The van der Waals surface area contributed by atoms with Crippen molar-refractivity contribution in [3.8, 4) is 0 Å². The van der Waals surface area contributed by atoms with E-state index < -0.39 is 0 Å². The van der Waals surface area contributed by atoms with Gasteiger partial charge in [0.05, 0.1) is 0 Å². The van der Waals surface area contributed by atoms with Crippen LogP contribution in [-0.2, 0) is 0 Å². The van der Waals surface area contributed by atoms with Crippen LogP contribution in [0.4, 0.5) is 0 Å². The molecule has 0 aliphatic carbocycles. The highest BCUT2D eigenvalue weighted by Crippen LogP contribution is 1.59. The van der Waals surface area contributed by atoms with Crippen LogP contribution in [0.15, 0.2) is 0 Å². The number of nitrogens with two attached hydrogens (primary N) is 2. The van der Waals surface area contributed by atoms with E-state index in [9.17, 15) is 0 Å². The molecular formula is C3H11ClN2. The molecule has 0 spiro atoms. The Morgan fingerprint density at radius 2 is 1.83 bits per heavy atom. The lowest BCUT2D eigenvalue weighted by Gasteiger charge is -1.92. The van der Waals surface area contributed by atoms with E-state index in [0.717, 1.165) is 0 Å². The summed E-state index contributed by atoms with van der Waals surface area (Å²) in [5, 5.41) is 0. The van der Waals surface area contributed by atoms with Crippen LogP contribution >= 0.6 is 12.4 Å². The van der Waals surface area contributed by atoms with Gasteiger partial charge in [-0.05, 0) is 6.92 Å². The Morgan fingerprint density at radius 1 is 1.67 bits per heavy atom. The van der Waals surface area contributed by atoms with Crippen LogP contribution in [0.5, 0.6) is 0 Å². The van der Waals surface area contributed by atoms with E-state index in [0.29, 0.717) is 6.54 Å². The minimum absolute atomic E-state index is 0. The van der Waals surface area contributed by atoms with Crippen LogP contribution < -0.4 is 11.5 Å². The van der Waals surface area contributed by atoms with Crippen LogP contribution in [0, 0.1) is 0 Å². The average Bonchev–Trinajstić information content (AvgIpc) is 1.38. The fourth-order valence-electron chi connectivity index (χ4n) is 0. The third-order valence-electron chi connectivity index (χ3n) is 0.372. The van der Waals surface area contributed by atoms with Gasteiger partial charge in [0.1, 0.15) is 0 Å². The van der Waals surface area contributed by atoms with E-state index in [4.69, 9.17) is 11.5 Å². The predicted octanol–water partition coefficient (Wildman–Crippen LogP) is -0.286. The van der Waals surface area contributed by atoms with Gasteiger partial charge in [0.25, 0.3) is 0 Å². The van der Waals surface area contributed by atoms with Crippen molar-refractivity contribution < 1.29 is 0 Å². The molecule has 4 N–H and O–H groups in total. The molecular weight excluding hydrogens is 99.5 g/mol. The number of halogens is 1. The lowest BCUT2D eigenvalue weighted by Crippen LogP contribution is -2.25. The van der Waals surface area contributed by atoms with Gasteiger partial charge in [0, 0.05) is 12.6 Å². The lowest BCUT2D eigenvalue weighted by atomic mass is 10.4. The highest BCUT2D eigenvalue weighted by molar-refractivity contribution is 5.85. The van der Waals surface area contributed by atoms with Crippen molar-refractivity contribution in [2.75, 3.05) is 6.54 Å². The summed E-state index contributed by atoms with van der Waals surface area (Å²) in [6.07, 6.45) is 0. The van der Waals surface area contributed by atoms with Gasteiger partial charge in [0.2, 0.25) is 0 Å². The molecule has 0 aromatic carbocycles. The van der Waals surface area contributed by atoms with Crippen molar-refractivity contribution in [1.82, 2.24) is 0 Å². The first-order valence-electron chi connectivity index (χ1n) is 1.73. The Kier molecular flexibility index (Phi) is 8.26. The van der Waals surface area contributed by atoms with E-state index in [2.05, 4.69) is 0 Å². The monoisotopic (exact) mass is 110 g/mol. The molecule has 0 fully saturated rings. The predicted molar refractivity (Wildman–Crippen MR) is 30.0 cm³/mol. The number of rotatable bonds is 1. The zero-order valence-corrected chi connectivity index (χ0v) is 4.66. The minimum atomic E-state index is 0. The summed E-state index contributed by atoms with van der Waals surface area (Å²) < 4.78 is 0. The first kappa shape index (κ1) is 9.51. The molecule has 0 rings (SSSR count). The number of hydrogen-bond donors (Lipinski definition) is 2. The molecule has 0 aliphatic rings. The van der Waals surface area contributed by atoms with Crippen LogP contribution in [0.1, 0.15) is 6.92 Å². The summed E-state index contributed by atoms with van der Waals surface area (Å²) in [6.45, 7) is 2.46. The van der Waals surface area contributed by atoms with Crippen molar-refractivity contribution in [3.63, 3.8) is 0 Å². The van der Waals surface area contributed by atoms with E-state index in [1.54, 1.807) is 0 Å². The molecule has 1 unspecified atom stereocenters. The molecule has 6 heavy (non-hydrogen) atoms. The fourth-order valence-corrected chi connectivity index (χ4v) is 0. The zero-order chi connectivity index (χ0) is 4.28. The lowest BCUT2D eigenvalue weighted by molar-refractivity contribution is 0.752. The summed E-state index contributed by atoms with van der Waals surface area (Å²) in [5.74, 6) is 0. The van der Waals surface area contributed by atoms with Crippen molar-refractivity contribution in [1.29, 1.82) is 0 Å². The fraction of sp³-hybridized carbons (Fsp3) is 1.00. The molecule has 0 saturated carbocycles. The van der Waals surface area contributed by atoms with Crippen molar-refractivity contribution in [2.45, 2.75) is 13.0 Å². The Bertz CT molecular complexity index is 22.8. The van der Waals surface area contributed by atoms with Gasteiger partial charge in [-0.25, -0.2) is 0 Å². The molecule has 0 bridgehead atoms. The summed E-state index contributed by atoms with van der Waals surface area (Å²) >= 11 is 0.